The molecule has 1 aromatic carbocycles. The lowest BCUT2D eigenvalue weighted by Crippen LogP contribution is -2.19. The first kappa shape index (κ1) is 11.8. The molecule has 0 aliphatic carbocycles. The van der Waals surface area contributed by atoms with Crippen molar-refractivity contribution in [1.82, 2.24) is 0 Å². The Bertz CT molecular complexity index is 401. The number of aliphatic hydroxyl groups is 1. The lowest BCUT2D eigenvalue weighted by molar-refractivity contribution is -0.138. The average molecular weight is 248 g/mol. The molecule has 1 aromatic rings. The van der Waals surface area contributed by atoms with Gasteiger partial charge in [-0.3, -0.25) is 0 Å². The number of alkyl halides is 3. The molecule has 2 rings (SSSR count). The lowest BCUT2D eigenvalue weighted by Gasteiger charge is -2.12. The predicted octanol–water partition coefficient (Wildman–Crippen LogP) is 3.10. The largest absolute Gasteiger partial charge is 0.416 e. The first-order chi connectivity index (χ1) is 7.39. The second kappa shape index (κ2) is 3.96. The minimum atomic E-state index is -4.31. The summed E-state index contributed by atoms with van der Waals surface area (Å²) in [6.07, 6.45) is -4.62. The molecule has 0 radical (unpaired) electrons. The van der Waals surface area contributed by atoms with Gasteiger partial charge in [0, 0.05) is 10.1 Å². The van der Waals surface area contributed by atoms with E-state index in [0.29, 0.717) is 10.5 Å². The van der Waals surface area contributed by atoms with Gasteiger partial charge in [0.05, 0.1) is 11.7 Å². The number of benzene rings is 1. The van der Waals surface area contributed by atoms with Gasteiger partial charge in [-0.05, 0) is 31.0 Å². The lowest BCUT2D eigenvalue weighted by atomic mass is 10.0. The molecule has 0 amide bonds. The van der Waals surface area contributed by atoms with Gasteiger partial charge in [0.2, 0.25) is 0 Å². The van der Waals surface area contributed by atoms with E-state index in [9.17, 15) is 18.3 Å². The molecule has 2 unspecified atom stereocenters. The highest BCUT2D eigenvalue weighted by Crippen LogP contribution is 2.44. The third kappa shape index (κ3) is 2.06. The van der Waals surface area contributed by atoms with Crippen LogP contribution in [0, 0.1) is 0 Å². The topological polar surface area (TPSA) is 20.2 Å². The van der Waals surface area contributed by atoms with Gasteiger partial charge < -0.3 is 5.11 Å². The van der Waals surface area contributed by atoms with Gasteiger partial charge in [-0.25, -0.2) is 0 Å². The number of aliphatic hydroxyl groups excluding tert-OH is 1. The SMILES string of the molecule is CC(O)C1Cc2c(cccc2C(F)(F)F)S1. The zero-order chi connectivity index (χ0) is 11.9. The van der Waals surface area contributed by atoms with Crippen LogP contribution in [-0.4, -0.2) is 16.5 Å². The van der Waals surface area contributed by atoms with Crippen molar-refractivity contribution in [2.45, 2.75) is 35.8 Å². The van der Waals surface area contributed by atoms with Crippen LogP contribution in [0.4, 0.5) is 13.2 Å². The van der Waals surface area contributed by atoms with Gasteiger partial charge >= 0.3 is 6.18 Å². The van der Waals surface area contributed by atoms with Crippen molar-refractivity contribution < 1.29 is 18.3 Å². The molecular weight excluding hydrogens is 237 g/mol. The zero-order valence-corrected chi connectivity index (χ0v) is 9.40. The van der Waals surface area contributed by atoms with E-state index >= 15 is 0 Å². The van der Waals surface area contributed by atoms with E-state index in [1.54, 1.807) is 13.0 Å². The summed E-state index contributed by atoms with van der Waals surface area (Å²) in [6.45, 7) is 1.61. The van der Waals surface area contributed by atoms with E-state index in [0.717, 1.165) is 6.07 Å². The molecule has 0 fully saturated rings. The van der Waals surface area contributed by atoms with Crippen LogP contribution in [0.15, 0.2) is 23.1 Å². The monoisotopic (exact) mass is 248 g/mol. The maximum Gasteiger partial charge on any atom is 0.416 e. The van der Waals surface area contributed by atoms with E-state index in [-0.39, 0.29) is 11.7 Å². The molecule has 2 atom stereocenters. The Balaban J connectivity index is 2.39. The van der Waals surface area contributed by atoms with Crippen molar-refractivity contribution in [2.75, 3.05) is 0 Å². The highest BCUT2D eigenvalue weighted by Gasteiger charge is 2.38. The fourth-order valence-corrected chi connectivity index (χ4v) is 3.09. The van der Waals surface area contributed by atoms with Crippen LogP contribution < -0.4 is 0 Å². The van der Waals surface area contributed by atoms with Crippen molar-refractivity contribution in [3.63, 3.8) is 0 Å². The fourth-order valence-electron chi connectivity index (χ4n) is 1.83. The highest BCUT2D eigenvalue weighted by molar-refractivity contribution is 8.00. The molecule has 0 bridgehead atoms. The second-order valence-electron chi connectivity index (χ2n) is 3.88. The van der Waals surface area contributed by atoms with Gasteiger partial charge in [0.1, 0.15) is 0 Å². The molecule has 5 heteroatoms. The van der Waals surface area contributed by atoms with Crippen molar-refractivity contribution in [3.8, 4) is 0 Å². The third-order valence-electron chi connectivity index (χ3n) is 2.66. The average Bonchev–Trinajstić information content (AvgIpc) is 2.58. The minimum Gasteiger partial charge on any atom is -0.392 e. The number of halogens is 3. The fraction of sp³-hybridized carbons (Fsp3) is 0.455. The van der Waals surface area contributed by atoms with E-state index in [1.807, 2.05) is 0 Å². The van der Waals surface area contributed by atoms with Crippen LogP contribution in [0.2, 0.25) is 0 Å². The summed E-state index contributed by atoms with van der Waals surface area (Å²) < 4.78 is 38.1. The maximum absolute atomic E-state index is 12.7. The number of thioether (sulfide) groups is 1. The standard InChI is InChI=1S/C11H11F3OS/c1-6(15)10-5-7-8(11(12,13)14)3-2-4-9(7)16-10/h2-4,6,10,15H,5H2,1H3. The Kier molecular flexibility index (Phi) is 2.92. The summed E-state index contributed by atoms with van der Waals surface area (Å²) in [5, 5.41) is 9.25. The van der Waals surface area contributed by atoms with Crippen LogP contribution in [-0.2, 0) is 12.6 Å². The van der Waals surface area contributed by atoms with Gasteiger partial charge in [-0.15, -0.1) is 11.8 Å². The second-order valence-corrected chi connectivity index (χ2v) is 5.16. The molecular formula is C11H11F3OS. The molecule has 0 aromatic heterocycles. The number of fused-ring (bicyclic) bond motifs is 1. The Morgan fingerprint density at radius 3 is 2.69 bits per heavy atom. The molecule has 0 saturated heterocycles. The molecule has 88 valence electrons. The summed E-state index contributed by atoms with van der Waals surface area (Å²) in [7, 11) is 0. The van der Waals surface area contributed by atoms with Crippen molar-refractivity contribution in [1.29, 1.82) is 0 Å². The molecule has 1 aliphatic rings. The van der Waals surface area contributed by atoms with Crippen molar-refractivity contribution in [3.05, 3.63) is 29.3 Å². The van der Waals surface area contributed by atoms with Gasteiger partial charge in [0.15, 0.2) is 0 Å². The number of hydrogen-bond donors (Lipinski definition) is 1. The first-order valence-corrected chi connectivity index (χ1v) is 5.81. The summed E-state index contributed by atoms with van der Waals surface area (Å²) in [4.78, 5) is 0.640. The number of rotatable bonds is 1. The Morgan fingerprint density at radius 1 is 1.44 bits per heavy atom. The van der Waals surface area contributed by atoms with E-state index in [4.69, 9.17) is 0 Å². The van der Waals surface area contributed by atoms with Crippen LogP contribution in [0.25, 0.3) is 0 Å². The third-order valence-corrected chi connectivity index (χ3v) is 4.16. The molecule has 1 nitrogen and oxygen atoms in total. The van der Waals surface area contributed by atoms with Gasteiger partial charge in [0.25, 0.3) is 0 Å². The minimum absolute atomic E-state index is 0.168. The Morgan fingerprint density at radius 2 is 2.12 bits per heavy atom. The van der Waals surface area contributed by atoms with E-state index in [2.05, 4.69) is 0 Å². The summed E-state index contributed by atoms with van der Waals surface area (Å²) >= 11 is 1.32. The van der Waals surface area contributed by atoms with E-state index < -0.39 is 17.8 Å². The van der Waals surface area contributed by atoms with Crippen LogP contribution in [0.5, 0.6) is 0 Å². The van der Waals surface area contributed by atoms with E-state index in [1.165, 1.54) is 17.8 Å². The van der Waals surface area contributed by atoms with Gasteiger partial charge in [-0.1, -0.05) is 6.07 Å². The Hall–Kier alpha value is -0.680. The molecule has 1 aliphatic heterocycles. The quantitative estimate of drug-likeness (QED) is 0.824. The molecule has 1 heterocycles. The number of hydrogen-bond acceptors (Lipinski definition) is 2. The van der Waals surface area contributed by atoms with Gasteiger partial charge in [-0.2, -0.15) is 13.2 Å². The zero-order valence-electron chi connectivity index (χ0n) is 8.58. The van der Waals surface area contributed by atoms with Crippen LogP contribution in [0.3, 0.4) is 0 Å². The van der Waals surface area contributed by atoms with Crippen LogP contribution in [0.1, 0.15) is 18.1 Å². The first-order valence-electron chi connectivity index (χ1n) is 4.93. The summed E-state index contributed by atoms with van der Waals surface area (Å²) in [6, 6.07) is 4.19. The molecule has 0 saturated carbocycles. The normalized spacial score (nSPS) is 21.9. The maximum atomic E-state index is 12.7. The molecule has 0 spiro atoms. The highest BCUT2D eigenvalue weighted by atomic mass is 32.2. The predicted molar refractivity (Wildman–Crippen MR) is 56.5 cm³/mol. The van der Waals surface area contributed by atoms with Crippen LogP contribution >= 0.6 is 11.8 Å². The molecule has 1 N–H and O–H groups in total. The summed E-state index contributed by atoms with van der Waals surface area (Å²) in [5.41, 5.74) is -0.244. The van der Waals surface area contributed by atoms with Crippen molar-refractivity contribution >= 4 is 11.8 Å². The van der Waals surface area contributed by atoms with Crippen molar-refractivity contribution in [2.24, 2.45) is 0 Å². The summed E-state index contributed by atoms with van der Waals surface area (Å²) in [5.74, 6) is 0. The molecule has 16 heavy (non-hydrogen) atoms. The smallest absolute Gasteiger partial charge is 0.392 e. The Labute approximate surface area is 95.7 Å².